The Bertz CT molecular complexity index is 1610. The van der Waals surface area contributed by atoms with Crippen LogP contribution in [0, 0.1) is 20.8 Å². The van der Waals surface area contributed by atoms with E-state index < -0.39 is 0 Å². The maximum Gasteiger partial charge on any atom is 0.227 e. The maximum atomic E-state index is 6.28. The average molecular weight is 404 g/mol. The number of benzene rings is 2. The number of aromatic nitrogens is 4. The normalized spacial score (nSPS) is 11.7. The lowest BCUT2D eigenvalue weighted by Gasteiger charge is -2.11. The van der Waals surface area contributed by atoms with Gasteiger partial charge >= 0.3 is 0 Å². The molecule has 0 radical (unpaired) electrons. The van der Waals surface area contributed by atoms with Crippen molar-refractivity contribution in [2.24, 2.45) is 0 Å². The third-order valence-corrected chi connectivity index (χ3v) is 5.70. The molecule has 0 amide bonds. The Morgan fingerprint density at radius 3 is 2.42 bits per heavy atom. The van der Waals surface area contributed by atoms with Crippen molar-refractivity contribution in [2.75, 3.05) is 0 Å². The van der Waals surface area contributed by atoms with Crippen LogP contribution in [0.3, 0.4) is 0 Å². The van der Waals surface area contributed by atoms with Crippen molar-refractivity contribution in [3.63, 3.8) is 0 Å². The molecule has 0 spiro atoms. The SMILES string of the molecule is Cc1cc2nc(-c3cccc4c3oc3nc(C)ccc34)n(-c3ccccc3)c2c(C)n1. The summed E-state index contributed by atoms with van der Waals surface area (Å²) in [5, 5.41) is 2.05. The van der Waals surface area contributed by atoms with E-state index in [2.05, 4.69) is 45.9 Å². The molecule has 0 fully saturated rings. The summed E-state index contributed by atoms with van der Waals surface area (Å²) in [6.07, 6.45) is 0. The molecule has 0 aliphatic heterocycles. The number of rotatable bonds is 2. The van der Waals surface area contributed by atoms with Crippen LogP contribution < -0.4 is 0 Å². The van der Waals surface area contributed by atoms with Gasteiger partial charge in [0.15, 0.2) is 0 Å². The summed E-state index contributed by atoms with van der Waals surface area (Å²) in [5.74, 6) is 0.832. The van der Waals surface area contributed by atoms with Crippen molar-refractivity contribution in [1.29, 1.82) is 0 Å². The highest BCUT2D eigenvalue weighted by Crippen LogP contribution is 2.37. The molecule has 6 rings (SSSR count). The second-order valence-electron chi connectivity index (χ2n) is 7.91. The number of furan rings is 1. The van der Waals surface area contributed by atoms with Gasteiger partial charge in [0.05, 0.1) is 22.3 Å². The number of pyridine rings is 2. The lowest BCUT2D eigenvalue weighted by molar-refractivity contribution is 0.653. The van der Waals surface area contributed by atoms with Crippen LogP contribution in [0.2, 0.25) is 0 Å². The molecule has 0 aliphatic rings. The summed E-state index contributed by atoms with van der Waals surface area (Å²) >= 11 is 0. The molecular weight excluding hydrogens is 384 g/mol. The molecule has 0 aliphatic carbocycles. The van der Waals surface area contributed by atoms with Crippen LogP contribution in [0.25, 0.3) is 50.2 Å². The van der Waals surface area contributed by atoms with Gasteiger partial charge < -0.3 is 4.42 Å². The molecule has 0 N–H and O–H groups in total. The molecular formula is C26H20N4O. The maximum absolute atomic E-state index is 6.28. The molecule has 5 heteroatoms. The molecule has 31 heavy (non-hydrogen) atoms. The molecule has 0 bridgehead atoms. The average Bonchev–Trinajstić information content (AvgIpc) is 3.32. The first kappa shape index (κ1) is 17.8. The Hall–Kier alpha value is -3.99. The first-order valence-electron chi connectivity index (χ1n) is 10.3. The number of para-hydroxylation sites is 2. The quantitative estimate of drug-likeness (QED) is 0.339. The third-order valence-electron chi connectivity index (χ3n) is 5.70. The molecule has 0 saturated heterocycles. The zero-order chi connectivity index (χ0) is 21.1. The topological polar surface area (TPSA) is 56.7 Å². The van der Waals surface area contributed by atoms with Gasteiger partial charge in [-0.3, -0.25) is 9.55 Å². The van der Waals surface area contributed by atoms with Gasteiger partial charge in [0.2, 0.25) is 5.71 Å². The number of hydrogen-bond acceptors (Lipinski definition) is 4. The molecule has 6 aromatic rings. The van der Waals surface area contributed by atoms with Gasteiger partial charge in [-0.15, -0.1) is 0 Å². The summed E-state index contributed by atoms with van der Waals surface area (Å²) in [5.41, 5.74) is 8.19. The van der Waals surface area contributed by atoms with Crippen LogP contribution in [0.15, 0.2) is 71.1 Å². The third kappa shape index (κ3) is 2.66. The molecule has 4 heterocycles. The summed E-state index contributed by atoms with van der Waals surface area (Å²) in [4.78, 5) is 14.4. The van der Waals surface area contributed by atoms with Crippen LogP contribution >= 0.6 is 0 Å². The van der Waals surface area contributed by atoms with Gasteiger partial charge in [-0.25, -0.2) is 9.97 Å². The number of fused-ring (bicyclic) bond motifs is 4. The number of hydrogen-bond donors (Lipinski definition) is 0. The molecule has 5 nitrogen and oxygen atoms in total. The summed E-state index contributed by atoms with van der Waals surface area (Å²) in [6, 6.07) is 22.6. The zero-order valence-electron chi connectivity index (χ0n) is 17.5. The highest BCUT2D eigenvalue weighted by Gasteiger charge is 2.21. The minimum atomic E-state index is 0.651. The van der Waals surface area contributed by atoms with E-state index in [1.165, 1.54) is 0 Å². The van der Waals surface area contributed by atoms with Crippen molar-refractivity contribution >= 4 is 33.1 Å². The fourth-order valence-electron chi connectivity index (χ4n) is 4.39. The van der Waals surface area contributed by atoms with Crippen molar-refractivity contribution in [3.8, 4) is 17.1 Å². The van der Waals surface area contributed by atoms with Crippen LogP contribution in [0.5, 0.6) is 0 Å². The van der Waals surface area contributed by atoms with Crippen LogP contribution in [0.1, 0.15) is 17.1 Å². The number of nitrogens with zero attached hydrogens (tertiary/aromatic N) is 4. The molecule has 2 aromatic carbocycles. The van der Waals surface area contributed by atoms with Gasteiger partial charge in [-0.05, 0) is 57.2 Å². The lowest BCUT2D eigenvalue weighted by Crippen LogP contribution is -1.99. The molecule has 0 saturated carbocycles. The smallest absolute Gasteiger partial charge is 0.227 e. The lowest BCUT2D eigenvalue weighted by atomic mass is 10.1. The van der Waals surface area contributed by atoms with E-state index in [-0.39, 0.29) is 0 Å². The Morgan fingerprint density at radius 2 is 1.58 bits per heavy atom. The monoisotopic (exact) mass is 404 g/mol. The van der Waals surface area contributed by atoms with Gasteiger partial charge in [0.1, 0.15) is 11.4 Å². The standard InChI is InChI=1S/C26H20N4O/c1-15-12-13-20-19-10-7-11-21(24(19)31-26(20)28-15)25-29-22-14-16(2)27-17(3)23(22)30(25)18-8-5-4-6-9-18/h4-14H,1-3H3. The molecule has 4 aromatic heterocycles. The first-order chi connectivity index (χ1) is 15.1. The van der Waals surface area contributed by atoms with Gasteiger partial charge in [-0.1, -0.05) is 30.3 Å². The fraction of sp³-hybridized carbons (Fsp3) is 0.115. The van der Waals surface area contributed by atoms with Gasteiger partial charge in [-0.2, -0.15) is 0 Å². The number of aryl methyl sites for hydroxylation is 3. The second kappa shape index (κ2) is 6.51. The fourth-order valence-corrected chi connectivity index (χ4v) is 4.39. The van der Waals surface area contributed by atoms with E-state index in [0.29, 0.717) is 5.71 Å². The summed E-state index contributed by atoms with van der Waals surface area (Å²) in [7, 11) is 0. The first-order valence-corrected chi connectivity index (χ1v) is 10.3. The predicted molar refractivity (Wildman–Crippen MR) is 124 cm³/mol. The van der Waals surface area contributed by atoms with Gasteiger partial charge in [0, 0.05) is 27.8 Å². The second-order valence-corrected chi connectivity index (χ2v) is 7.91. The highest BCUT2D eigenvalue weighted by atomic mass is 16.3. The van der Waals surface area contributed by atoms with Crippen LogP contribution in [-0.2, 0) is 0 Å². The van der Waals surface area contributed by atoms with E-state index in [1.54, 1.807) is 0 Å². The molecule has 0 unspecified atom stereocenters. The van der Waals surface area contributed by atoms with Crippen molar-refractivity contribution in [1.82, 2.24) is 19.5 Å². The molecule has 150 valence electrons. The summed E-state index contributed by atoms with van der Waals surface area (Å²) < 4.78 is 8.46. The minimum Gasteiger partial charge on any atom is -0.437 e. The highest BCUT2D eigenvalue weighted by molar-refractivity contribution is 6.08. The Morgan fingerprint density at radius 1 is 0.742 bits per heavy atom. The van der Waals surface area contributed by atoms with Crippen LogP contribution in [-0.4, -0.2) is 19.5 Å². The van der Waals surface area contributed by atoms with E-state index in [1.807, 2.05) is 51.1 Å². The van der Waals surface area contributed by atoms with Crippen LogP contribution in [0.4, 0.5) is 0 Å². The minimum absolute atomic E-state index is 0.651. The Balaban J connectivity index is 1.75. The van der Waals surface area contributed by atoms with Crippen molar-refractivity contribution in [2.45, 2.75) is 20.8 Å². The van der Waals surface area contributed by atoms with Crippen molar-refractivity contribution in [3.05, 3.63) is 83.8 Å². The molecule has 0 atom stereocenters. The van der Waals surface area contributed by atoms with E-state index in [4.69, 9.17) is 14.4 Å². The van der Waals surface area contributed by atoms with Gasteiger partial charge in [0.25, 0.3) is 0 Å². The van der Waals surface area contributed by atoms with E-state index in [0.717, 1.165) is 61.5 Å². The summed E-state index contributed by atoms with van der Waals surface area (Å²) in [6.45, 7) is 6.01. The predicted octanol–water partition coefficient (Wildman–Crippen LogP) is 6.31. The zero-order valence-corrected chi connectivity index (χ0v) is 17.5. The Kier molecular flexibility index (Phi) is 3.74. The van der Waals surface area contributed by atoms with E-state index in [9.17, 15) is 0 Å². The number of imidazole rings is 1. The van der Waals surface area contributed by atoms with E-state index >= 15 is 0 Å². The van der Waals surface area contributed by atoms with Crippen molar-refractivity contribution < 1.29 is 4.42 Å². The largest absolute Gasteiger partial charge is 0.437 e. The Labute approximate surface area is 179 Å².